The number of hydrogen-bond acceptors (Lipinski definition) is 4. The van der Waals surface area contributed by atoms with Gasteiger partial charge in [-0.1, -0.05) is 6.07 Å². The maximum atomic E-state index is 12.2. The summed E-state index contributed by atoms with van der Waals surface area (Å²) in [6.07, 6.45) is 4.25. The van der Waals surface area contributed by atoms with Crippen LogP contribution in [0.1, 0.15) is 23.8 Å². The van der Waals surface area contributed by atoms with Gasteiger partial charge >= 0.3 is 6.03 Å². The van der Waals surface area contributed by atoms with Crippen LogP contribution in [0, 0.1) is 5.92 Å². The van der Waals surface area contributed by atoms with Crippen LogP contribution in [0.15, 0.2) is 29.8 Å². The fourth-order valence-electron chi connectivity index (χ4n) is 2.50. The molecule has 1 saturated carbocycles. The Morgan fingerprint density at radius 1 is 1.48 bits per heavy atom. The van der Waals surface area contributed by atoms with Gasteiger partial charge in [-0.25, -0.2) is 9.48 Å². The van der Waals surface area contributed by atoms with E-state index < -0.39 is 0 Å². The van der Waals surface area contributed by atoms with E-state index >= 15 is 0 Å². The molecule has 2 N–H and O–H groups in total. The molecule has 7 heteroatoms. The Bertz CT molecular complexity index is 633. The molecule has 0 unspecified atom stereocenters. The molecule has 0 aromatic carbocycles. The Morgan fingerprint density at radius 3 is 2.96 bits per heavy atom. The van der Waals surface area contributed by atoms with E-state index in [0.717, 1.165) is 18.3 Å². The van der Waals surface area contributed by atoms with Crippen molar-refractivity contribution in [1.29, 1.82) is 0 Å². The quantitative estimate of drug-likeness (QED) is 0.819. The number of thiophene rings is 1. The molecular weight excluding hydrogens is 310 g/mol. The van der Waals surface area contributed by atoms with Crippen molar-refractivity contribution in [2.75, 3.05) is 26.0 Å². The summed E-state index contributed by atoms with van der Waals surface area (Å²) in [7, 11) is 4.05. The maximum absolute atomic E-state index is 12.2. The fourth-order valence-corrected chi connectivity index (χ4v) is 3.42. The molecule has 1 aliphatic rings. The molecule has 2 heterocycles. The van der Waals surface area contributed by atoms with E-state index in [0.29, 0.717) is 6.54 Å². The van der Waals surface area contributed by atoms with E-state index in [-0.39, 0.29) is 12.1 Å². The number of urea groups is 1. The summed E-state index contributed by atoms with van der Waals surface area (Å²) in [6.45, 7) is 1.45. The number of hydrogen-bond donors (Lipinski definition) is 2. The van der Waals surface area contributed by atoms with Crippen molar-refractivity contribution in [2.24, 2.45) is 5.92 Å². The third-order valence-electron chi connectivity index (χ3n) is 4.04. The highest BCUT2D eigenvalue weighted by Gasteiger charge is 2.23. The first-order chi connectivity index (χ1) is 11.1. The van der Waals surface area contributed by atoms with Crippen LogP contribution in [0.3, 0.4) is 0 Å². The molecule has 3 rings (SSSR count). The van der Waals surface area contributed by atoms with Gasteiger partial charge in [-0.15, -0.1) is 11.3 Å². The van der Waals surface area contributed by atoms with E-state index in [2.05, 4.69) is 32.1 Å². The number of rotatable bonds is 7. The summed E-state index contributed by atoms with van der Waals surface area (Å²) in [4.78, 5) is 15.5. The first-order valence-electron chi connectivity index (χ1n) is 7.90. The zero-order valence-corrected chi connectivity index (χ0v) is 14.3. The van der Waals surface area contributed by atoms with Crippen LogP contribution in [0.4, 0.5) is 10.6 Å². The zero-order valence-electron chi connectivity index (χ0n) is 13.5. The second kappa shape index (κ2) is 7.14. The minimum atomic E-state index is -0.189. The summed E-state index contributed by atoms with van der Waals surface area (Å²) >= 11 is 1.71. The van der Waals surface area contributed by atoms with Crippen molar-refractivity contribution < 1.29 is 4.79 Å². The highest BCUT2D eigenvalue weighted by atomic mass is 32.1. The van der Waals surface area contributed by atoms with Gasteiger partial charge in [0.25, 0.3) is 0 Å². The second-order valence-corrected chi connectivity index (χ2v) is 7.15. The largest absolute Gasteiger partial charge is 0.336 e. The standard InChI is InChI=1S/C16H23N5OS/c1-20(2)13(14-4-3-9-23-14)10-17-16(22)19-15-7-8-18-21(15)11-12-5-6-12/h3-4,7-9,12-13H,5-6,10-11H2,1-2H3,(H2,17,19,22)/t13-/m1/s1. The molecule has 2 amide bonds. The van der Waals surface area contributed by atoms with Crippen LogP contribution in [0.5, 0.6) is 0 Å². The molecule has 0 aliphatic heterocycles. The Hall–Kier alpha value is -1.86. The molecule has 0 bridgehead atoms. The fraction of sp³-hybridized carbons (Fsp3) is 0.500. The monoisotopic (exact) mass is 333 g/mol. The molecule has 1 atom stereocenters. The Labute approximate surface area is 140 Å². The smallest absolute Gasteiger partial charge is 0.320 e. The van der Waals surface area contributed by atoms with Gasteiger partial charge in [-0.2, -0.15) is 5.10 Å². The predicted octanol–water partition coefficient (Wildman–Crippen LogP) is 2.78. The average Bonchev–Trinajstić information content (AvgIpc) is 2.97. The van der Waals surface area contributed by atoms with Crippen molar-refractivity contribution in [2.45, 2.75) is 25.4 Å². The third kappa shape index (κ3) is 4.33. The summed E-state index contributed by atoms with van der Waals surface area (Å²) in [6, 6.07) is 5.96. The van der Waals surface area contributed by atoms with E-state index in [1.165, 1.54) is 17.7 Å². The summed E-state index contributed by atoms with van der Waals surface area (Å²) in [5, 5.41) is 12.2. The van der Waals surface area contributed by atoms with Gasteiger partial charge < -0.3 is 10.2 Å². The second-order valence-electron chi connectivity index (χ2n) is 6.17. The van der Waals surface area contributed by atoms with Crippen LogP contribution in [0.25, 0.3) is 0 Å². The normalized spacial score (nSPS) is 15.6. The number of carbonyl (C=O) groups excluding carboxylic acids is 1. The Balaban J connectivity index is 1.53. The van der Waals surface area contributed by atoms with Gasteiger partial charge in [0.2, 0.25) is 0 Å². The van der Waals surface area contributed by atoms with E-state index in [9.17, 15) is 4.79 Å². The third-order valence-corrected chi connectivity index (χ3v) is 5.01. The van der Waals surface area contributed by atoms with Crippen molar-refractivity contribution in [3.63, 3.8) is 0 Å². The number of nitrogens with zero attached hydrogens (tertiary/aromatic N) is 3. The molecule has 6 nitrogen and oxygen atoms in total. The van der Waals surface area contributed by atoms with Gasteiger partial charge in [0, 0.05) is 24.0 Å². The van der Waals surface area contributed by atoms with Gasteiger partial charge in [0.15, 0.2) is 0 Å². The number of nitrogens with one attached hydrogen (secondary N) is 2. The summed E-state index contributed by atoms with van der Waals surface area (Å²) in [5.41, 5.74) is 0. The average molecular weight is 333 g/mol. The van der Waals surface area contributed by atoms with E-state index in [1.807, 2.05) is 30.9 Å². The van der Waals surface area contributed by atoms with Crippen LogP contribution in [-0.4, -0.2) is 41.4 Å². The molecule has 2 aromatic heterocycles. The van der Waals surface area contributed by atoms with Gasteiger partial charge in [0.1, 0.15) is 5.82 Å². The molecule has 1 fully saturated rings. The number of carbonyl (C=O) groups is 1. The lowest BCUT2D eigenvalue weighted by atomic mass is 10.2. The molecule has 23 heavy (non-hydrogen) atoms. The lowest BCUT2D eigenvalue weighted by Gasteiger charge is -2.23. The van der Waals surface area contributed by atoms with Crippen molar-refractivity contribution in [3.05, 3.63) is 34.7 Å². The van der Waals surface area contributed by atoms with Crippen molar-refractivity contribution in [1.82, 2.24) is 20.0 Å². The first kappa shape index (κ1) is 16.0. The number of likely N-dealkylation sites (N-methyl/N-ethyl adjacent to an activating group) is 1. The predicted molar refractivity (Wildman–Crippen MR) is 92.7 cm³/mol. The SMILES string of the molecule is CN(C)[C@H](CNC(=O)Nc1ccnn1CC1CC1)c1cccs1. The van der Waals surface area contributed by atoms with Crippen LogP contribution in [-0.2, 0) is 6.54 Å². The van der Waals surface area contributed by atoms with Crippen LogP contribution >= 0.6 is 11.3 Å². The molecule has 124 valence electrons. The Morgan fingerprint density at radius 2 is 2.30 bits per heavy atom. The lowest BCUT2D eigenvalue weighted by molar-refractivity contribution is 0.243. The number of amides is 2. The number of anilines is 1. The number of aromatic nitrogens is 2. The van der Waals surface area contributed by atoms with Crippen LogP contribution in [0.2, 0.25) is 0 Å². The molecule has 0 radical (unpaired) electrons. The van der Waals surface area contributed by atoms with Crippen molar-refractivity contribution >= 4 is 23.2 Å². The zero-order chi connectivity index (χ0) is 16.2. The summed E-state index contributed by atoms with van der Waals surface area (Å²) in [5.74, 6) is 1.47. The highest BCUT2D eigenvalue weighted by Crippen LogP contribution is 2.31. The van der Waals surface area contributed by atoms with Crippen LogP contribution < -0.4 is 10.6 Å². The van der Waals surface area contributed by atoms with E-state index in [1.54, 1.807) is 17.5 Å². The van der Waals surface area contributed by atoms with Gasteiger partial charge in [-0.3, -0.25) is 5.32 Å². The molecule has 0 spiro atoms. The first-order valence-corrected chi connectivity index (χ1v) is 8.78. The maximum Gasteiger partial charge on any atom is 0.320 e. The van der Waals surface area contributed by atoms with E-state index in [4.69, 9.17) is 0 Å². The Kier molecular flexibility index (Phi) is 4.97. The molecule has 1 aliphatic carbocycles. The molecule has 0 saturated heterocycles. The minimum absolute atomic E-state index is 0.178. The minimum Gasteiger partial charge on any atom is -0.336 e. The molecular formula is C16H23N5OS. The van der Waals surface area contributed by atoms with Gasteiger partial charge in [0.05, 0.1) is 12.2 Å². The topological polar surface area (TPSA) is 62.2 Å². The summed E-state index contributed by atoms with van der Waals surface area (Å²) < 4.78 is 1.87. The molecule has 2 aromatic rings. The van der Waals surface area contributed by atoms with Crippen molar-refractivity contribution in [3.8, 4) is 0 Å². The lowest BCUT2D eigenvalue weighted by Crippen LogP contribution is -2.37. The highest BCUT2D eigenvalue weighted by molar-refractivity contribution is 7.10. The van der Waals surface area contributed by atoms with Gasteiger partial charge in [-0.05, 0) is 44.3 Å².